The first-order chi connectivity index (χ1) is 8.67. The van der Waals surface area contributed by atoms with E-state index < -0.39 is 0 Å². The van der Waals surface area contributed by atoms with E-state index in [1.54, 1.807) is 31.4 Å². The van der Waals surface area contributed by atoms with Gasteiger partial charge in [0.2, 0.25) is 0 Å². The van der Waals surface area contributed by atoms with Crippen molar-refractivity contribution in [1.82, 2.24) is 0 Å². The van der Waals surface area contributed by atoms with Gasteiger partial charge < -0.3 is 9.47 Å². The van der Waals surface area contributed by atoms with Crippen LogP contribution in [0.15, 0.2) is 24.3 Å². The first-order valence-electron chi connectivity index (χ1n) is 6.00. The van der Waals surface area contributed by atoms with Crippen molar-refractivity contribution >= 4 is 11.8 Å². The number of ether oxygens (including phenoxy) is 2. The Labute approximate surface area is 107 Å². The van der Waals surface area contributed by atoms with Crippen LogP contribution in [0.2, 0.25) is 0 Å². The Morgan fingerprint density at radius 3 is 2.67 bits per heavy atom. The van der Waals surface area contributed by atoms with Crippen LogP contribution >= 0.6 is 0 Å². The van der Waals surface area contributed by atoms with E-state index in [4.69, 9.17) is 9.47 Å². The molecule has 0 fully saturated rings. The summed E-state index contributed by atoms with van der Waals surface area (Å²) in [4.78, 5) is 23.1. The fourth-order valence-corrected chi connectivity index (χ4v) is 1.44. The molecule has 4 heteroatoms. The summed E-state index contributed by atoms with van der Waals surface area (Å²) in [5, 5.41) is 0. The van der Waals surface area contributed by atoms with Crippen LogP contribution in [0.5, 0.6) is 5.75 Å². The largest absolute Gasteiger partial charge is 0.497 e. The maximum atomic E-state index is 11.8. The summed E-state index contributed by atoms with van der Waals surface area (Å²) in [5.74, 6) is 0.227. The topological polar surface area (TPSA) is 52.6 Å². The van der Waals surface area contributed by atoms with E-state index in [2.05, 4.69) is 0 Å². The Kier molecular flexibility index (Phi) is 5.91. The molecule has 0 N–H and O–H groups in total. The smallest absolute Gasteiger partial charge is 0.306 e. The molecule has 0 saturated heterocycles. The monoisotopic (exact) mass is 250 g/mol. The maximum Gasteiger partial charge on any atom is 0.306 e. The van der Waals surface area contributed by atoms with E-state index in [9.17, 15) is 9.59 Å². The molecule has 0 aliphatic carbocycles. The number of carbonyl (C=O) groups is 2. The lowest BCUT2D eigenvalue weighted by Crippen LogP contribution is -2.08. The Morgan fingerprint density at radius 1 is 1.22 bits per heavy atom. The van der Waals surface area contributed by atoms with Crippen molar-refractivity contribution in [3.8, 4) is 5.75 Å². The van der Waals surface area contributed by atoms with Gasteiger partial charge >= 0.3 is 5.97 Å². The predicted molar refractivity (Wildman–Crippen MR) is 67.8 cm³/mol. The van der Waals surface area contributed by atoms with Crippen molar-refractivity contribution in [2.24, 2.45) is 0 Å². The average Bonchev–Trinajstić information content (AvgIpc) is 2.42. The summed E-state index contributed by atoms with van der Waals surface area (Å²) in [6, 6.07) is 6.90. The van der Waals surface area contributed by atoms with Crippen molar-refractivity contribution in [2.75, 3.05) is 13.7 Å². The first-order valence-corrected chi connectivity index (χ1v) is 6.00. The summed E-state index contributed by atoms with van der Waals surface area (Å²) in [6.45, 7) is 2.33. The molecular formula is C14H18O4. The van der Waals surface area contributed by atoms with E-state index in [1.807, 2.05) is 6.92 Å². The summed E-state index contributed by atoms with van der Waals surface area (Å²) >= 11 is 0. The van der Waals surface area contributed by atoms with E-state index >= 15 is 0 Å². The van der Waals surface area contributed by atoms with Crippen molar-refractivity contribution in [3.63, 3.8) is 0 Å². The molecule has 0 bridgehead atoms. The van der Waals surface area contributed by atoms with Gasteiger partial charge in [0, 0.05) is 12.0 Å². The zero-order valence-corrected chi connectivity index (χ0v) is 10.8. The molecule has 0 radical (unpaired) electrons. The second-order valence-electron chi connectivity index (χ2n) is 3.88. The number of benzene rings is 1. The van der Waals surface area contributed by atoms with Crippen LogP contribution in [0, 0.1) is 0 Å². The predicted octanol–water partition coefficient (Wildman–Crippen LogP) is 2.61. The molecule has 4 nitrogen and oxygen atoms in total. The van der Waals surface area contributed by atoms with Crippen LogP contribution in [0.25, 0.3) is 0 Å². The summed E-state index contributed by atoms with van der Waals surface area (Å²) < 4.78 is 9.95. The lowest BCUT2D eigenvalue weighted by atomic mass is 10.1. The highest BCUT2D eigenvalue weighted by molar-refractivity contribution is 5.97. The highest BCUT2D eigenvalue weighted by Gasteiger charge is 2.10. The minimum atomic E-state index is -0.326. The van der Waals surface area contributed by atoms with Crippen LogP contribution in [-0.2, 0) is 9.53 Å². The fraction of sp³-hybridized carbons (Fsp3) is 0.429. The highest BCUT2D eigenvalue weighted by atomic mass is 16.5. The number of methoxy groups -OCH3 is 1. The molecule has 0 saturated carbocycles. The van der Waals surface area contributed by atoms with Crippen molar-refractivity contribution < 1.29 is 19.1 Å². The van der Waals surface area contributed by atoms with Gasteiger partial charge in [0.05, 0.1) is 20.1 Å². The normalized spacial score (nSPS) is 9.89. The third kappa shape index (κ3) is 4.57. The number of esters is 1. The Bertz CT molecular complexity index is 412. The first kappa shape index (κ1) is 14.2. The van der Waals surface area contributed by atoms with Gasteiger partial charge in [0.15, 0.2) is 5.78 Å². The van der Waals surface area contributed by atoms with Gasteiger partial charge in [0.1, 0.15) is 5.75 Å². The van der Waals surface area contributed by atoms with Gasteiger partial charge in [-0.05, 0) is 18.6 Å². The van der Waals surface area contributed by atoms with Gasteiger partial charge in [0.25, 0.3) is 0 Å². The summed E-state index contributed by atoms with van der Waals surface area (Å²) in [5.41, 5.74) is 0.553. The van der Waals surface area contributed by atoms with Gasteiger partial charge in [-0.15, -0.1) is 0 Å². The van der Waals surface area contributed by atoms with Crippen LogP contribution in [0.4, 0.5) is 0 Å². The molecule has 0 atom stereocenters. The fourth-order valence-electron chi connectivity index (χ4n) is 1.44. The number of rotatable bonds is 7. The molecule has 1 aromatic carbocycles. The number of Topliss-reactive ketones (excluding diaryl/α,β-unsaturated/α-hetero) is 1. The van der Waals surface area contributed by atoms with Crippen LogP contribution in [-0.4, -0.2) is 25.5 Å². The molecule has 0 heterocycles. The second kappa shape index (κ2) is 7.48. The van der Waals surface area contributed by atoms with Gasteiger partial charge in [-0.2, -0.15) is 0 Å². The minimum Gasteiger partial charge on any atom is -0.497 e. The van der Waals surface area contributed by atoms with E-state index in [1.165, 1.54) is 0 Å². The molecule has 98 valence electrons. The van der Waals surface area contributed by atoms with Gasteiger partial charge in [-0.1, -0.05) is 19.1 Å². The zero-order valence-electron chi connectivity index (χ0n) is 10.8. The number of hydrogen-bond donors (Lipinski definition) is 0. The summed E-state index contributed by atoms with van der Waals surface area (Å²) in [7, 11) is 1.55. The lowest BCUT2D eigenvalue weighted by molar-refractivity contribution is -0.143. The van der Waals surface area contributed by atoms with Crippen LogP contribution < -0.4 is 4.74 Å². The molecular weight excluding hydrogens is 232 g/mol. The highest BCUT2D eigenvalue weighted by Crippen LogP contribution is 2.14. The molecule has 0 spiro atoms. The molecule has 0 aliphatic rings. The average molecular weight is 250 g/mol. The Hall–Kier alpha value is -1.84. The van der Waals surface area contributed by atoms with E-state index in [0.717, 1.165) is 6.42 Å². The zero-order chi connectivity index (χ0) is 13.4. The molecule has 1 aromatic rings. The van der Waals surface area contributed by atoms with E-state index in [0.29, 0.717) is 17.9 Å². The maximum absolute atomic E-state index is 11.8. The second-order valence-corrected chi connectivity index (χ2v) is 3.88. The Balaban J connectivity index is 2.47. The SMILES string of the molecule is CCCOC(=O)CCC(=O)c1cccc(OC)c1. The molecule has 0 aliphatic heterocycles. The van der Waals surface area contributed by atoms with Gasteiger partial charge in [-0.3, -0.25) is 9.59 Å². The third-order valence-electron chi connectivity index (χ3n) is 2.42. The number of carbonyl (C=O) groups excluding carboxylic acids is 2. The molecule has 0 amide bonds. The minimum absolute atomic E-state index is 0.0812. The third-order valence-corrected chi connectivity index (χ3v) is 2.42. The Morgan fingerprint density at radius 2 is 2.00 bits per heavy atom. The van der Waals surface area contributed by atoms with E-state index in [-0.39, 0.29) is 24.6 Å². The number of hydrogen-bond acceptors (Lipinski definition) is 4. The van der Waals surface area contributed by atoms with Crippen molar-refractivity contribution in [3.05, 3.63) is 29.8 Å². The van der Waals surface area contributed by atoms with Crippen LogP contribution in [0.3, 0.4) is 0 Å². The molecule has 0 aromatic heterocycles. The van der Waals surface area contributed by atoms with Crippen molar-refractivity contribution in [1.29, 1.82) is 0 Å². The molecule has 1 rings (SSSR count). The summed E-state index contributed by atoms with van der Waals surface area (Å²) in [6.07, 6.45) is 1.07. The molecule has 18 heavy (non-hydrogen) atoms. The number of ketones is 1. The van der Waals surface area contributed by atoms with Crippen molar-refractivity contribution in [2.45, 2.75) is 26.2 Å². The quantitative estimate of drug-likeness (QED) is 0.551. The molecule has 0 unspecified atom stereocenters. The standard InChI is InChI=1S/C14H18O4/c1-3-9-18-14(16)8-7-13(15)11-5-4-6-12(10-11)17-2/h4-6,10H,3,7-9H2,1-2H3. The van der Waals surface area contributed by atoms with Gasteiger partial charge in [-0.25, -0.2) is 0 Å². The lowest BCUT2D eigenvalue weighted by Gasteiger charge is -2.04. The van der Waals surface area contributed by atoms with Crippen LogP contribution in [0.1, 0.15) is 36.5 Å².